The first kappa shape index (κ1) is 12.4. The van der Waals surface area contributed by atoms with Crippen LogP contribution in [0.15, 0.2) is 0 Å². The molecule has 0 heterocycles. The van der Waals surface area contributed by atoms with Gasteiger partial charge in [0, 0.05) is 5.54 Å². The van der Waals surface area contributed by atoms with Gasteiger partial charge in [-0.05, 0) is 49.4 Å². The standard InChI is InChI=1S/C15H29N/c1-4-12-5-7-13(8-6-12)15(16)10-9-14(2,3)11-15/h12-13H,4-11,16H2,1-3H3. The summed E-state index contributed by atoms with van der Waals surface area (Å²) in [7, 11) is 0. The third-order valence-electron chi connectivity index (χ3n) is 5.31. The lowest BCUT2D eigenvalue weighted by molar-refractivity contribution is 0.162. The maximum absolute atomic E-state index is 6.70. The van der Waals surface area contributed by atoms with E-state index in [1.165, 1.54) is 51.4 Å². The van der Waals surface area contributed by atoms with Crippen molar-refractivity contribution in [1.29, 1.82) is 0 Å². The van der Waals surface area contributed by atoms with Gasteiger partial charge < -0.3 is 5.73 Å². The Morgan fingerprint density at radius 2 is 1.69 bits per heavy atom. The highest BCUT2D eigenvalue weighted by Gasteiger charge is 2.45. The Bertz CT molecular complexity index is 238. The zero-order chi connectivity index (χ0) is 11.8. The number of nitrogens with two attached hydrogens (primary N) is 1. The molecule has 1 heteroatoms. The highest BCUT2D eigenvalue weighted by Crippen LogP contribution is 2.49. The topological polar surface area (TPSA) is 26.0 Å². The molecule has 0 radical (unpaired) electrons. The molecule has 0 aliphatic heterocycles. The zero-order valence-corrected chi connectivity index (χ0v) is 11.4. The highest BCUT2D eigenvalue weighted by molar-refractivity contribution is 5.02. The Hall–Kier alpha value is -0.0400. The van der Waals surface area contributed by atoms with Gasteiger partial charge in [0.1, 0.15) is 0 Å². The second kappa shape index (κ2) is 4.33. The fourth-order valence-corrected chi connectivity index (χ4v) is 4.13. The van der Waals surface area contributed by atoms with Crippen molar-refractivity contribution in [2.24, 2.45) is 23.0 Å². The van der Waals surface area contributed by atoms with Gasteiger partial charge in [-0.25, -0.2) is 0 Å². The fourth-order valence-electron chi connectivity index (χ4n) is 4.13. The molecule has 2 fully saturated rings. The van der Waals surface area contributed by atoms with Gasteiger partial charge in [0.25, 0.3) is 0 Å². The second-order valence-electron chi connectivity index (χ2n) is 7.20. The third-order valence-corrected chi connectivity index (χ3v) is 5.31. The number of hydrogen-bond acceptors (Lipinski definition) is 1. The van der Waals surface area contributed by atoms with Crippen LogP contribution in [0.1, 0.15) is 72.1 Å². The summed E-state index contributed by atoms with van der Waals surface area (Å²) in [6.07, 6.45) is 10.9. The molecule has 2 aliphatic carbocycles. The smallest absolute Gasteiger partial charge is 0.0188 e. The molecule has 16 heavy (non-hydrogen) atoms. The van der Waals surface area contributed by atoms with E-state index < -0.39 is 0 Å². The molecule has 1 nitrogen and oxygen atoms in total. The van der Waals surface area contributed by atoms with E-state index in [9.17, 15) is 0 Å². The first-order valence-electron chi connectivity index (χ1n) is 7.24. The predicted octanol–water partition coefficient (Wildman–Crippen LogP) is 4.11. The highest BCUT2D eigenvalue weighted by atomic mass is 14.8. The van der Waals surface area contributed by atoms with Crippen LogP contribution in [0.5, 0.6) is 0 Å². The lowest BCUT2D eigenvalue weighted by atomic mass is 9.70. The van der Waals surface area contributed by atoms with Crippen LogP contribution in [0.4, 0.5) is 0 Å². The molecule has 0 aromatic carbocycles. The van der Waals surface area contributed by atoms with Crippen molar-refractivity contribution < 1.29 is 0 Å². The van der Waals surface area contributed by atoms with Crippen molar-refractivity contribution in [1.82, 2.24) is 0 Å². The summed E-state index contributed by atoms with van der Waals surface area (Å²) in [5, 5.41) is 0. The summed E-state index contributed by atoms with van der Waals surface area (Å²) < 4.78 is 0. The first-order valence-corrected chi connectivity index (χ1v) is 7.24. The van der Waals surface area contributed by atoms with Gasteiger partial charge in [0.15, 0.2) is 0 Å². The minimum absolute atomic E-state index is 0.183. The minimum Gasteiger partial charge on any atom is -0.325 e. The van der Waals surface area contributed by atoms with Crippen LogP contribution < -0.4 is 5.73 Å². The summed E-state index contributed by atoms with van der Waals surface area (Å²) in [5.74, 6) is 1.81. The van der Waals surface area contributed by atoms with Gasteiger partial charge in [-0.1, -0.05) is 40.0 Å². The zero-order valence-electron chi connectivity index (χ0n) is 11.4. The predicted molar refractivity (Wildman–Crippen MR) is 70.3 cm³/mol. The van der Waals surface area contributed by atoms with E-state index in [4.69, 9.17) is 5.73 Å². The minimum atomic E-state index is 0.183. The van der Waals surface area contributed by atoms with Crippen LogP contribution in [0, 0.1) is 17.3 Å². The van der Waals surface area contributed by atoms with Crippen LogP contribution in [0.25, 0.3) is 0 Å². The van der Waals surface area contributed by atoms with E-state index in [1.807, 2.05) is 0 Å². The molecule has 2 saturated carbocycles. The number of hydrogen-bond donors (Lipinski definition) is 1. The van der Waals surface area contributed by atoms with Gasteiger partial charge in [0.2, 0.25) is 0 Å². The Balaban J connectivity index is 1.94. The molecular weight excluding hydrogens is 194 g/mol. The van der Waals surface area contributed by atoms with Crippen molar-refractivity contribution in [2.75, 3.05) is 0 Å². The molecule has 0 amide bonds. The Labute approximate surface area is 101 Å². The SMILES string of the molecule is CCC1CCC(C2(N)CCC(C)(C)C2)CC1. The van der Waals surface area contributed by atoms with E-state index in [2.05, 4.69) is 20.8 Å². The molecule has 0 saturated heterocycles. The normalized spacial score (nSPS) is 43.5. The monoisotopic (exact) mass is 223 g/mol. The third kappa shape index (κ3) is 2.45. The quantitative estimate of drug-likeness (QED) is 0.749. The largest absolute Gasteiger partial charge is 0.325 e. The van der Waals surface area contributed by atoms with Crippen molar-refractivity contribution in [3.63, 3.8) is 0 Å². The Morgan fingerprint density at radius 1 is 1.06 bits per heavy atom. The maximum atomic E-state index is 6.70. The van der Waals surface area contributed by atoms with E-state index in [1.54, 1.807) is 0 Å². The Morgan fingerprint density at radius 3 is 2.12 bits per heavy atom. The molecule has 2 rings (SSSR count). The number of rotatable bonds is 2. The molecule has 2 aliphatic rings. The van der Waals surface area contributed by atoms with Gasteiger partial charge in [-0.15, -0.1) is 0 Å². The van der Waals surface area contributed by atoms with Crippen molar-refractivity contribution >= 4 is 0 Å². The van der Waals surface area contributed by atoms with Crippen molar-refractivity contribution in [3.05, 3.63) is 0 Å². The average molecular weight is 223 g/mol. The molecule has 94 valence electrons. The average Bonchev–Trinajstić information content (AvgIpc) is 2.54. The van der Waals surface area contributed by atoms with E-state index >= 15 is 0 Å². The van der Waals surface area contributed by atoms with E-state index in [0.717, 1.165) is 11.8 Å². The van der Waals surface area contributed by atoms with E-state index in [0.29, 0.717) is 5.41 Å². The summed E-state index contributed by atoms with van der Waals surface area (Å²) in [6, 6.07) is 0. The van der Waals surface area contributed by atoms with Crippen LogP contribution in [-0.4, -0.2) is 5.54 Å². The summed E-state index contributed by atoms with van der Waals surface area (Å²) in [5.41, 5.74) is 7.38. The molecule has 0 aromatic rings. The van der Waals surface area contributed by atoms with Crippen molar-refractivity contribution in [2.45, 2.75) is 77.7 Å². The maximum Gasteiger partial charge on any atom is 0.0188 e. The van der Waals surface area contributed by atoms with Crippen LogP contribution in [0.3, 0.4) is 0 Å². The first-order chi connectivity index (χ1) is 7.45. The molecule has 2 N–H and O–H groups in total. The molecule has 1 atom stereocenters. The van der Waals surface area contributed by atoms with Gasteiger partial charge >= 0.3 is 0 Å². The summed E-state index contributed by atoms with van der Waals surface area (Å²) in [4.78, 5) is 0. The summed E-state index contributed by atoms with van der Waals surface area (Å²) >= 11 is 0. The fraction of sp³-hybridized carbons (Fsp3) is 1.00. The van der Waals surface area contributed by atoms with E-state index in [-0.39, 0.29) is 5.54 Å². The van der Waals surface area contributed by atoms with Crippen molar-refractivity contribution in [3.8, 4) is 0 Å². The lowest BCUT2D eigenvalue weighted by Crippen LogP contribution is -2.46. The molecule has 0 aromatic heterocycles. The molecule has 0 spiro atoms. The Kier molecular flexibility index (Phi) is 3.36. The second-order valence-corrected chi connectivity index (χ2v) is 7.20. The molecular formula is C15H29N. The van der Waals surface area contributed by atoms with Gasteiger partial charge in [0.05, 0.1) is 0 Å². The summed E-state index contributed by atoms with van der Waals surface area (Å²) in [6.45, 7) is 7.11. The van der Waals surface area contributed by atoms with Gasteiger partial charge in [-0.2, -0.15) is 0 Å². The van der Waals surface area contributed by atoms with Crippen LogP contribution >= 0.6 is 0 Å². The van der Waals surface area contributed by atoms with Crippen LogP contribution in [-0.2, 0) is 0 Å². The van der Waals surface area contributed by atoms with Crippen LogP contribution in [0.2, 0.25) is 0 Å². The molecule has 1 unspecified atom stereocenters. The molecule has 0 bridgehead atoms. The lowest BCUT2D eigenvalue weighted by Gasteiger charge is -2.40. The van der Waals surface area contributed by atoms with Gasteiger partial charge in [-0.3, -0.25) is 0 Å².